The van der Waals surface area contributed by atoms with Crippen molar-refractivity contribution in [1.82, 2.24) is 0 Å². The van der Waals surface area contributed by atoms with Crippen molar-refractivity contribution in [1.29, 1.82) is 0 Å². The van der Waals surface area contributed by atoms with E-state index in [4.69, 9.17) is 0 Å². The lowest BCUT2D eigenvalue weighted by atomic mass is 10.2. The standard InChI is InChI=1S/C8H8F.BrH.Mg/c1-2-7-3-5-8(9)6-4-7;;/h3-6H,1-2H2;1H;/q;;+1/p-1. The maximum absolute atomic E-state index is 12.4. The first-order chi connectivity index (χ1) is 5.33. The highest BCUT2D eigenvalue weighted by Gasteiger charge is 1.94. The fraction of sp³-hybridized carbons (Fsp3) is 0.250. The van der Waals surface area contributed by atoms with Gasteiger partial charge < -0.3 is 12.9 Å². The van der Waals surface area contributed by atoms with Crippen molar-refractivity contribution in [3.8, 4) is 0 Å². The molecule has 1 aromatic rings. The smallest absolute Gasteiger partial charge is 0.307 e. The van der Waals surface area contributed by atoms with Crippen LogP contribution in [0.15, 0.2) is 24.3 Å². The minimum absolute atomic E-state index is 0.0208. The largest absolute Gasteiger partial charge is 0.468 e. The minimum atomic E-state index is -0.148. The lowest BCUT2D eigenvalue weighted by Gasteiger charge is -1.96. The Hall–Kier alpha value is 0.396. The lowest BCUT2D eigenvalue weighted by Crippen LogP contribution is -1.86. The number of hydrogen-bond donors (Lipinski definition) is 0. The van der Waals surface area contributed by atoms with E-state index in [1.54, 1.807) is 0 Å². The van der Waals surface area contributed by atoms with Gasteiger partial charge in [0.05, 0.1) is 0 Å². The minimum Gasteiger partial charge on any atom is -0.307 e. The van der Waals surface area contributed by atoms with E-state index in [-0.39, 0.29) is 24.0 Å². The topological polar surface area (TPSA) is 0 Å². The first-order valence-corrected chi connectivity index (χ1v) is 8.53. The zero-order chi connectivity index (χ0) is 8.10. The molecule has 0 bridgehead atoms. The molecule has 3 heteroatoms. The molecule has 0 saturated heterocycles. The van der Waals surface area contributed by atoms with E-state index >= 15 is 0 Å². The van der Waals surface area contributed by atoms with E-state index in [0.29, 0.717) is 0 Å². The predicted molar refractivity (Wildman–Crippen MR) is 49.6 cm³/mol. The van der Waals surface area contributed by atoms with Crippen LogP contribution in [0.5, 0.6) is 0 Å². The predicted octanol–water partition coefficient (Wildman–Crippen LogP) is 2.80. The summed E-state index contributed by atoms with van der Waals surface area (Å²) in [7, 11) is 0. The molecule has 0 aliphatic carbocycles. The summed E-state index contributed by atoms with van der Waals surface area (Å²) in [5, 5.41) is 0. The highest BCUT2D eigenvalue weighted by Crippen LogP contribution is 2.05. The maximum atomic E-state index is 12.4. The second kappa shape index (κ2) is 5.11. The summed E-state index contributed by atoms with van der Waals surface area (Å²) in [4.78, 5) is 0. The normalized spacial score (nSPS) is 9.27. The van der Waals surface area contributed by atoms with Crippen molar-refractivity contribution < 1.29 is 4.39 Å². The molecular weight excluding hydrogens is 219 g/mol. The Labute approximate surface area is 81.8 Å². The van der Waals surface area contributed by atoms with E-state index < -0.39 is 0 Å². The molecule has 0 radical (unpaired) electrons. The van der Waals surface area contributed by atoms with Gasteiger partial charge in [0.1, 0.15) is 5.82 Å². The average molecular weight is 227 g/mol. The zero-order valence-corrected chi connectivity index (χ0v) is 9.19. The van der Waals surface area contributed by atoms with Crippen molar-refractivity contribution in [2.75, 3.05) is 0 Å². The van der Waals surface area contributed by atoms with Gasteiger partial charge in [0.2, 0.25) is 0 Å². The van der Waals surface area contributed by atoms with Crippen LogP contribution in [-0.4, -0.2) is 18.2 Å². The molecule has 11 heavy (non-hydrogen) atoms. The zero-order valence-electron chi connectivity index (χ0n) is 6.19. The molecule has 0 unspecified atom stereocenters. The molecule has 0 heterocycles. The summed E-state index contributed by atoms with van der Waals surface area (Å²) in [5.74, 6) is -0.148. The SMILES string of the molecule is Fc1ccc(C[CH2][Mg][Br])cc1. The molecule has 0 N–H and O–H groups in total. The van der Waals surface area contributed by atoms with Crippen molar-refractivity contribution >= 4 is 31.1 Å². The van der Waals surface area contributed by atoms with Crippen molar-refractivity contribution in [2.24, 2.45) is 0 Å². The van der Waals surface area contributed by atoms with Gasteiger partial charge in [-0.2, -0.15) is 0 Å². The van der Waals surface area contributed by atoms with Crippen LogP contribution in [0.3, 0.4) is 0 Å². The lowest BCUT2D eigenvalue weighted by molar-refractivity contribution is 0.627. The van der Waals surface area contributed by atoms with Gasteiger partial charge in [0, 0.05) is 0 Å². The molecule has 0 saturated carbocycles. The Bertz CT molecular complexity index is 210. The molecule has 0 aromatic heterocycles. The molecule has 0 aliphatic rings. The van der Waals surface area contributed by atoms with Crippen LogP contribution < -0.4 is 0 Å². The van der Waals surface area contributed by atoms with Crippen LogP contribution in [0, 0.1) is 5.82 Å². The molecule has 56 valence electrons. The first-order valence-electron chi connectivity index (χ1n) is 3.63. The van der Waals surface area contributed by atoms with Crippen molar-refractivity contribution in [3.05, 3.63) is 35.6 Å². The second-order valence-electron chi connectivity index (χ2n) is 2.42. The number of rotatable bonds is 3. The number of benzene rings is 1. The van der Waals surface area contributed by atoms with Crippen LogP contribution in [-0.2, 0) is 6.42 Å². The molecule has 0 spiro atoms. The summed E-state index contributed by atoms with van der Waals surface area (Å²) < 4.78 is 13.6. The van der Waals surface area contributed by atoms with Gasteiger partial charge in [-0.25, -0.2) is 4.39 Å². The Kier molecular flexibility index (Phi) is 4.41. The molecule has 0 amide bonds. The van der Waals surface area contributed by atoms with E-state index in [1.807, 2.05) is 12.1 Å². The van der Waals surface area contributed by atoms with Gasteiger partial charge in [-0.05, 0) is 24.1 Å². The number of halogens is 2. The molecule has 0 nitrogen and oxygen atoms in total. The van der Waals surface area contributed by atoms with Gasteiger partial charge in [0.25, 0.3) is 0 Å². The first kappa shape index (κ1) is 9.48. The van der Waals surface area contributed by atoms with Crippen LogP contribution in [0.2, 0.25) is 4.55 Å². The third-order valence-electron chi connectivity index (χ3n) is 1.51. The fourth-order valence-electron chi connectivity index (χ4n) is 0.922. The third kappa shape index (κ3) is 3.54. The van der Waals surface area contributed by atoms with Crippen LogP contribution in [0.1, 0.15) is 5.56 Å². The van der Waals surface area contributed by atoms with E-state index in [9.17, 15) is 4.39 Å². The molecule has 0 atom stereocenters. The molecule has 1 aromatic carbocycles. The van der Waals surface area contributed by atoms with Crippen molar-refractivity contribution in [3.63, 3.8) is 0 Å². The van der Waals surface area contributed by atoms with Gasteiger partial charge in [-0.3, -0.25) is 0 Å². The molecular formula is C8H8BrFMg. The fourth-order valence-corrected chi connectivity index (χ4v) is 2.30. The highest BCUT2D eigenvalue weighted by atomic mass is 79.9. The molecule has 0 fully saturated rings. The maximum Gasteiger partial charge on any atom is 0.468 e. The Morgan fingerprint density at radius 3 is 2.45 bits per heavy atom. The van der Waals surface area contributed by atoms with Crippen LogP contribution in [0.25, 0.3) is 0 Å². The quantitative estimate of drug-likeness (QED) is 0.697. The summed E-state index contributed by atoms with van der Waals surface area (Å²) >= 11 is 3.47. The Balaban J connectivity index is 2.52. The monoisotopic (exact) mass is 226 g/mol. The molecule has 1 rings (SSSR count). The highest BCUT2D eigenvalue weighted by molar-refractivity contribution is 9.23. The summed E-state index contributed by atoms with van der Waals surface area (Å²) in [6.07, 6.45) is 1.08. The van der Waals surface area contributed by atoms with E-state index in [2.05, 4.69) is 12.9 Å². The third-order valence-corrected chi connectivity index (χ3v) is 3.82. The van der Waals surface area contributed by atoms with Gasteiger partial charge in [-0.15, -0.1) is 4.55 Å². The molecule has 0 aliphatic heterocycles. The number of hydrogen-bond acceptors (Lipinski definition) is 0. The Morgan fingerprint density at radius 1 is 1.27 bits per heavy atom. The van der Waals surface area contributed by atoms with Crippen LogP contribution >= 0.6 is 12.9 Å². The average Bonchev–Trinajstić information content (AvgIpc) is 2.04. The van der Waals surface area contributed by atoms with E-state index in [0.717, 1.165) is 6.42 Å². The second-order valence-corrected chi connectivity index (χ2v) is 5.88. The van der Waals surface area contributed by atoms with E-state index in [1.165, 1.54) is 22.2 Å². The summed E-state index contributed by atoms with van der Waals surface area (Å²) in [6, 6.07) is 6.75. The number of aryl methyl sites for hydroxylation is 1. The van der Waals surface area contributed by atoms with Gasteiger partial charge in [0.15, 0.2) is 0 Å². The summed E-state index contributed by atoms with van der Waals surface area (Å²) in [6.45, 7) is 0. The summed E-state index contributed by atoms with van der Waals surface area (Å²) in [5.41, 5.74) is 1.23. The van der Waals surface area contributed by atoms with Gasteiger partial charge in [-0.1, -0.05) is 12.1 Å². The van der Waals surface area contributed by atoms with Crippen LogP contribution in [0.4, 0.5) is 4.39 Å². The van der Waals surface area contributed by atoms with Crippen molar-refractivity contribution in [2.45, 2.75) is 11.0 Å². The Morgan fingerprint density at radius 2 is 1.91 bits per heavy atom. The van der Waals surface area contributed by atoms with Gasteiger partial charge >= 0.3 is 18.2 Å².